The average molecular weight is 282 g/mol. The van der Waals surface area contributed by atoms with Crippen LogP contribution in [-0.2, 0) is 0 Å². The third-order valence-electron chi connectivity index (χ3n) is 5.46. The highest BCUT2D eigenvalue weighted by atomic mass is 14.8. The van der Waals surface area contributed by atoms with E-state index in [9.17, 15) is 0 Å². The Balaban J connectivity index is 2.36. The Bertz CT molecular complexity index is 224. The lowest BCUT2D eigenvalue weighted by molar-refractivity contribution is 0.135. The molecule has 20 heavy (non-hydrogen) atoms. The Labute approximate surface area is 128 Å². The lowest BCUT2D eigenvalue weighted by atomic mass is 9.69. The summed E-state index contributed by atoms with van der Waals surface area (Å²) in [5.74, 6) is 3.83. The number of rotatable bonds is 10. The van der Waals surface area contributed by atoms with Crippen LogP contribution in [0.1, 0.15) is 85.5 Å². The molecule has 1 rings (SSSR count). The van der Waals surface area contributed by atoms with Gasteiger partial charge in [-0.3, -0.25) is 0 Å². The van der Waals surface area contributed by atoms with Gasteiger partial charge in [-0.15, -0.1) is 0 Å². The van der Waals surface area contributed by atoms with Gasteiger partial charge in [0.15, 0.2) is 0 Å². The average Bonchev–Trinajstić information content (AvgIpc) is 2.45. The van der Waals surface area contributed by atoms with Crippen LogP contribution in [-0.4, -0.2) is 13.1 Å². The van der Waals surface area contributed by atoms with E-state index in [1.807, 2.05) is 0 Å². The lowest BCUT2D eigenvalue weighted by Gasteiger charge is -2.38. The standard InChI is InChI=1S/C19H39N/c1-5-7-8-9-10-11-18-14-17(16(3)4)12-13-19(18)15-20-6-2/h16-20H,5-15H2,1-4H3. The summed E-state index contributed by atoms with van der Waals surface area (Å²) in [7, 11) is 0. The fourth-order valence-electron chi connectivity index (χ4n) is 3.93. The smallest absolute Gasteiger partial charge is 0.00180 e. The molecule has 0 spiro atoms. The molecule has 0 heterocycles. The van der Waals surface area contributed by atoms with Gasteiger partial charge < -0.3 is 5.32 Å². The molecule has 1 N–H and O–H groups in total. The second kappa shape index (κ2) is 10.7. The molecule has 120 valence electrons. The highest BCUT2D eigenvalue weighted by molar-refractivity contribution is 4.82. The van der Waals surface area contributed by atoms with Gasteiger partial charge in [-0.25, -0.2) is 0 Å². The van der Waals surface area contributed by atoms with E-state index in [-0.39, 0.29) is 0 Å². The Morgan fingerprint density at radius 2 is 1.70 bits per heavy atom. The van der Waals surface area contributed by atoms with Gasteiger partial charge >= 0.3 is 0 Å². The van der Waals surface area contributed by atoms with E-state index in [0.717, 1.165) is 30.2 Å². The predicted octanol–water partition coefficient (Wildman–Crippen LogP) is 5.64. The Kier molecular flexibility index (Phi) is 9.59. The monoisotopic (exact) mass is 281 g/mol. The highest BCUT2D eigenvalue weighted by Gasteiger charge is 2.30. The molecule has 1 heteroatoms. The van der Waals surface area contributed by atoms with Gasteiger partial charge in [0.05, 0.1) is 0 Å². The highest BCUT2D eigenvalue weighted by Crippen LogP contribution is 2.39. The van der Waals surface area contributed by atoms with Gasteiger partial charge in [-0.1, -0.05) is 66.2 Å². The van der Waals surface area contributed by atoms with Gasteiger partial charge in [-0.05, 0) is 56.0 Å². The van der Waals surface area contributed by atoms with Crippen LogP contribution in [0.15, 0.2) is 0 Å². The van der Waals surface area contributed by atoms with Crippen molar-refractivity contribution in [3.8, 4) is 0 Å². The minimum absolute atomic E-state index is 0.887. The van der Waals surface area contributed by atoms with E-state index in [0.29, 0.717) is 0 Å². The van der Waals surface area contributed by atoms with Crippen LogP contribution in [0.4, 0.5) is 0 Å². The Morgan fingerprint density at radius 3 is 2.35 bits per heavy atom. The van der Waals surface area contributed by atoms with E-state index >= 15 is 0 Å². The molecule has 0 aromatic rings. The van der Waals surface area contributed by atoms with Crippen LogP contribution in [0.2, 0.25) is 0 Å². The van der Waals surface area contributed by atoms with Crippen LogP contribution >= 0.6 is 0 Å². The molecule has 0 aliphatic heterocycles. The van der Waals surface area contributed by atoms with Crippen LogP contribution in [0.25, 0.3) is 0 Å². The third-order valence-corrected chi connectivity index (χ3v) is 5.46. The van der Waals surface area contributed by atoms with Crippen LogP contribution in [0, 0.1) is 23.7 Å². The quantitative estimate of drug-likeness (QED) is 0.511. The SMILES string of the molecule is CCCCCCCC1CC(C(C)C)CCC1CNCC. The summed E-state index contributed by atoms with van der Waals surface area (Å²) in [5.41, 5.74) is 0. The fourth-order valence-corrected chi connectivity index (χ4v) is 3.93. The first-order valence-corrected chi connectivity index (χ1v) is 9.39. The van der Waals surface area contributed by atoms with Crippen molar-refractivity contribution in [2.45, 2.75) is 85.5 Å². The Morgan fingerprint density at radius 1 is 0.950 bits per heavy atom. The number of nitrogens with one attached hydrogen (secondary N) is 1. The third kappa shape index (κ3) is 6.61. The molecule has 0 aromatic carbocycles. The summed E-state index contributed by atoms with van der Waals surface area (Å²) in [6.45, 7) is 11.8. The second-order valence-corrected chi connectivity index (χ2v) is 7.35. The molecule has 3 atom stereocenters. The molecular formula is C19H39N. The summed E-state index contributed by atoms with van der Waals surface area (Å²) in [5, 5.41) is 3.60. The molecule has 0 saturated heterocycles. The summed E-state index contributed by atoms with van der Waals surface area (Å²) in [6, 6.07) is 0. The van der Waals surface area contributed by atoms with Crippen LogP contribution < -0.4 is 5.32 Å². The molecule has 1 aliphatic rings. The van der Waals surface area contributed by atoms with E-state index in [4.69, 9.17) is 0 Å². The summed E-state index contributed by atoms with van der Waals surface area (Å²) in [6.07, 6.45) is 13.1. The van der Waals surface area contributed by atoms with Crippen molar-refractivity contribution in [2.24, 2.45) is 23.7 Å². The number of unbranched alkanes of at least 4 members (excludes halogenated alkanes) is 4. The van der Waals surface area contributed by atoms with Crippen molar-refractivity contribution in [1.82, 2.24) is 5.32 Å². The van der Waals surface area contributed by atoms with Gasteiger partial charge in [0.2, 0.25) is 0 Å². The molecule has 0 aromatic heterocycles. The number of hydrogen-bond acceptors (Lipinski definition) is 1. The summed E-state index contributed by atoms with van der Waals surface area (Å²) in [4.78, 5) is 0. The predicted molar refractivity (Wildman–Crippen MR) is 91.1 cm³/mol. The minimum Gasteiger partial charge on any atom is -0.317 e. The molecule has 0 amide bonds. The minimum atomic E-state index is 0.887. The van der Waals surface area contributed by atoms with Crippen molar-refractivity contribution in [2.75, 3.05) is 13.1 Å². The van der Waals surface area contributed by atoms with Crippen LogP contribution in [0.5, 0.6) is 0 Å². The van der Waals surface area contributed by atoms with Crippen molar-refractivity contribution < 1.29 is 0 Å². The summed E-state index contributed by atoms with van der Waals surface area (Å²) < 4.78 is 0. The van der Waals surface area contributed by atoms with Crippen molar-refractivity contribution in [3.63, 3.8) is 0 Å². The largest absolute Gasteiger partial charge is 0.317 e. The zero-order valence-electron chi connectivity index (χ0n) is 14.6. The first-order valence-electron chi connectivity index (χ1n) is 9.39. The molecular weight excluding hydrogens is 242 g/mol. The van der Waals surface area contributed by atoms with E-state index in [2.05, 4.69) is 33.0 Å². The number of hydrogen-bond donors (Lipinski definition) is 1. The molecule has 1 aliphatic carbocycles. The first-order chi connectivity index (χ1) is 9.69. The zero-order chi connectivity index (χ0) is 14.8. The Hall–Kier alpha value is -0.0400. The molecule has 0 bridgehead atoms. The van der Waals surface area contributed by atoms with Crippen molar-refractivity contribution in [3.05, 3.63) is 0 Å². The maximum atomic E-state index is 3.60. The molecule has 1 saturated carbocycles. The zero-order valence-corrected chi connectivity index (χ0v) is 14.6. The molecule has 1 nitrogen and oxygen atoms in total. The first kappa shape index (κ1) is 18.0. The topological polar surface area (TPSA) is 12.0 Å². The second-order valence-electron chi connectivity index (χ2n) is 7.35. The van der Waals surface area contributed by atoms with Gasteiger partial charge in [0.1, 0.15) is 0 Å². The molecule has 3 unspecified atom stereocenters. The summed E-state index contributed by atoms with van der Waals surface area (Å²) >= 11 is 0. The lowest BCUT2D eigenvalue weighted by Crippen LogP contribution is -2.34. The maximum Gasteiger partial charge on any atom is -0.00180 e. The van der Waals surface area contributed by atoms with E-state index in [1.165, 1.54) is 64.3 Å². The van der Waals surface area contributed by atoms with Gasteiger partial charge in [0, 0.05) is 0 Å². The molecule has 0 radical (unpaired) electrons. The fraction of sp³-hybridized carbons (Fsp3) is 1.00. The normalized spacial score (nSPS) is 27.1. The maximum absolute atomic E-state index is 3.60. The van der Waals surface area contributed by atoms with Crippen LogP contribution in [0.3, 0.4) is 0 Å². The van der Waals surface area contributed by atoms with Crippen molar-refractivity contribution >= 4 is 0 Å². The van der Waals surface area contributed by atoms with E-state index in [1.54, 1.807) is 0 Å². The van der Waals surface area contributed by atoms with E-state index < -0.39 is 0 Å². The van der Waals surface area contributed by atoms with Gasteiger partial charge in [-0.2, -0.15) is 0 Å². The van der Waals surface area contributed by atoms with Gasteiger partial charge in [0.25, 0.3) is 0 Å². The van der Waals surface area contributed by atoms with Crippen molar-refractivity contribution in [1.29, 1.82) is 0 Å². The molecule has 1 fully saturated rings.